The van der Waals surface area contributed by atoms with Gasteiger partial charge in [0.25, 0.3) is 0 Å². The molecular weight excluding hydrogens is 252 g/mol. The first-order valence-electron chi connectivity index (χ1n) is 6.35. The van der Waals surface area contributed by atoms with Crippen molar-refractivity contribution < 1.29 is 24.2 Å². The molecule has 1 unspecified atom stereocenters. The monoisotopic (exact) mass is 274 g/mol. The summed E-state index contributed by atoms with van der Waals surface area (Å²) in [5.74, 6) is -0.690. The molecule has 0 aromatic heterocycles. The van der Waals surface area contributed by atoms with Crippen LogP contribution in [0.15, 0.2) is 0 Å². The summed E-state index contributed by atoms with van der Waals surface area (Å²) >= 11 is 0. The molecule has 1 atom stereocenters. The van der Waals surface area contributed by atoms with Crippen LogP contribution in [0.25, 0.3) is 0 Å². The number of hydrogen-bond donors (Lipinski definition) is 2. The van der Waals surface area contributed by atoms with Gasteiger partial charge in [0.1, 0.15) is 0 Å². The zero-order chi connectivity index (χ0) is 14.3. The van der Waals surface area contributed by atoms with Crippen molar-refractivity contribution in [3.8, 4) is 0 Å². The molecule has 19 heavy (non-hydrogen) atoms. The quantitative estimate of drug-likeness (QED) is 0.720. The van der Waals surface area contributed by atoms with Gasteiger partial charge in [-0.15, -0.1) is 0 Å². The molecule has 2 amide bonds. The largest absolute Gasteiger partial charge is 0.480 e. The number of aliphatic carboxylic acids is 1. The van der Waals surface area contributed by atoms with Crippen molar-refractivity contribution in [1.29, 1.82) is 0 Å². The summed E-state index contributed by atoms with van der Waals surface area (Å²) in [5.41, 5.74) is 0. The molecule has 1 fully saturated rings. The van der Waals surface area contributed by atoms with Crippen LogP contribution in [0.5, 0.6) is 0 Å². The zero-order valence-corrected chi connectivity index (χ0v) is 11.4. The van der Waals surface area contributed by atoms with Gasteiger partial charge in [-0.25, -0.2) is 9.59 Å². The highest BCUT2D eigenvalue weighted by molar-refractivity contribution is 5.82. The molecular formula is C12H22N2O5. The number of carbonyl (C=O) groups is 2. The summed E-state index contributed by atoms with van der Waals surface area (Å²) in [5, 5.41) is 11.4. The first-order chi connectivity index (χ1) is 9.04. The number of methoxy groups -OCH3 is 1. The number of nitrogens with one attached hydrogen (secondary N) is 1. The maximum Gasteiger partial charge on any atom is 0.328 e. The summed E-state index contributed by atoms with van der Waals surface area (Å²) in [6.07, 6.45) is 1.86. The van der Waals surface area contributed by atoms with Crippen LogP contribution in [0, 0.1) is 5.92 Å². The number of carboxylic acid groups (broad SMARTS) is 1. The van der Waals surface area contributed by atoms with Crippen molar-refractivity contribution in [3.63, 3.8) is 0 Å². The van der Waals surface area contributed by atoms with Gasteiger partial charge in [0.15, 0.2) is 6.04 Å². The predicted octanol–water partition coefficient (Wildman–Crippen LogP) is 0.154. The highest BCUT2D eigenvalue weighted by atomic mass is 16.5. The van der Waals surface area contributed by atoms with Crippen LogP contribution in [0.3, 0.4) is 0 Å². The number of hydrogen-bond acceptors (Lipinski definition) is 4. The van der Waals surface area contributed by atoms with Gasteiger partial charge in [-0.1, -0.05) is 0 Å². The fourth-order valence-corrected chi connectivity index (χ4v) is 2.00. The van der Waals surface area contributed by atoms with Crippen molar-refractivity contribution in [2.45, 2.75) is 18.9 Å². The SMILES string of the molecule is COCC(NC(=O)N(C)CC1CCOCC1)C(=O)O. The summed E-state index contributed by atoms with van der Waals surface area (Å²) in [6.45, 7) is 2.00. The van der Waals surface area contributed by atoms with Crippen LogP contribution in [-0.4, -0.2) is 68.6 Å². The first-order valence-corrected chi connectivity index (χ1v) is 6.35. The van der Waals surface area contributed by atoms with E-state index in [1.807, 2.05) is 0 Å². The molecule has 1 rings (SSSR count). The van der Waals surface area contributed by atoms with E-state index in [0.717, 1.165) is 26.1 Å². The topological polar surface area (TPSA) is 88.1 Å². The number of rotatable bonds is 6. The standard InChI is InChI=1S/C12H22N2O5/c1-14(7-9-3-5-19-6-4-9)12(17)13-10(8-18-2)11(15)16/h9-10H,3-8H2,1-2H3,(H,13,17)(H,15,16). The van der Waals surface area contributed by atoms with Gasteiger partial charge in [0.2, 0.25) is 0 Å². The molecule has 0 aromatic rings. The van der Waals surface area contributed by atoms with Gasteiger partial charge in [0.05, 0.1) is 6.61 Å². The second-order valence-electron chi connectivity index (χ2n) is 4.73. The summed E-state index contributed by atoms with van der Waals surface area (Å²) in [6, 6.07) is -1.41. The third-order valence-corrected chi connectivity index (χ3v) is 3.15. The second kappa shape index (κ2) is 7.96. The Balaban J connectivity index is 2.39. The molecule has 7 nitrogen and oxygen atoms in total. The van der Waals surface area contributed by atoms with Gasteiger partial charge < -0.3 is 24.8 Å². The lowest BCUT2D eigenvalue weighted by molar-refractivity contribution is -0.140. The van der Waals surface area contributed by atoms with Gasteiger partial charge in [-0.3, -0.25) is 0 Å². The summed E-state index contributed by atoms with van der Waals surface area (Å²) in [7, 11) is 3.06. The Hall–Kier alpha value is -1.34. The van der Waals surface area contributed by atoms with Crippen LogP contribution in [0.2, 0.25) is 0 Å². The maximum atomic E-state index is 11.9. The number of amides is 2. The smallest absolute Gasteiger partial charge is 0.328 e. The molecule has 7 heteroatoms. The highest BCUT2D eigenvalue weighted by Gasteiger charge is 2.23. The average Bonchev–Trinajstić information content (AvgIpc) is 2.39. The fourth-order valence-electron chi connectivity index (χ4n) is 2.00. The minimum Gasteiger partial charge on any atom is -0.480 e. The van der Waals surface area contributed by atoms with Gasteiger partial charge >= 0.3 is 12.0 Å². The van der Waals surface area contributed by atoms with E-state index in [2.05, 4.69) is 5.32 Å². The Morgan fingerprint density at radius 3 is 2.63 bits per heavy atom. The van der Waals surface area contributed by atoms with Crippen LogP contribution in [0.1, 0.15) is 12.8 Å². The van der Waals surface area contributed by atoms with Crippen molar-refractivity contribution in [2.75, 3.05) is 40.5 Å². The van der Waals surface area contributed by atoms with Crippen LogP contribution >= 0.6 is 0 Å². The normalized spacial score (nSPS) is 17.8. The van der Waals surface area contributed by atoms with Crippen molar-refractivity contribution in [2.24, 2.45) is 5.92 Å². The fraction of sp³-hybridized carbons (Fsp3) is 0.833. The molecule has 0 spiro atoms. The Kier molecular flexibility index (Phi) is 6.58. The number of urea groups is 1. The molecule has 1 aliphatic rings. The lowest BCUT2D eigenvalue weighted by atomic mass is 10.00. The van der Waals surface area contributed by atoms with E-state index in [0.29, 0.717) is 12.5 Å². The molecule has 0 saturated carbocycles. The lowest BCUT2D eigenvalue weighted by Crippen LogP contribution is -2.49. The number of carboxylic acids is 1. The third kappa shape index (κ3) is 5.44. The molecule has 0 bridgehead atoms. The minimum absolute atomic E-state index is 0.0494. The highest BCUT2D eigenvalue weighted by Crippen LogP contribution is 2.15. The molecule has 0 aromatic carbocycles. The Morgan fingerprint density at radius 1 is 1.47 bits per heavy atom. The van der Waals surface area contributed by atoms with Gasteiger partial charge in [-0.2, -0.15) is 0 Å². The average molecular weight is 274 g/mol. The Bertz CT molecular complexity index is 304. The van der Waals surface area contributed by atoms with Crippen molar-refractivity contribution in [3.05, 3.63) is 0 Å². The van der Waals surface area contributed by atoms with E-state index >= 15 is 0 Å². The Morgan fingerprint density at radius 2 is 2.11 bits per heavy atom. The molecule has 0 radical (unpaired) electrons. The first kappa shape index (κ1) is 15.7. The summed E-state index contributed by atoms with van der Waals surface area (Å²) < 4.78 is 10.0. The lowest BCUT2D eigenvalue weighted by Gasteiger charge is -2.28. The zero-order valence-electron chi connectivity index (χ0n) is 11.4. The number of nitrogens with zero attached hydrogens (tertiary/aromatic N) is 1. The number of carbonyl (C=O) groups excluding carboxylic acids is 1. The van der Waals surface area contributed by atoms with Crippen LogP contribution in [0.4, 0.5) is 4.79 Å². The second-order valence-corrected chi connectivity index (χ2v) is 4.73. The van der Waals surface area contributed by atoms with E-state index in [9.17, 15) is 9.59 Å². The van der Waals surface area contributed by atoms with Crippen LogP contribution in [-0.2, 0) is 14.3 Å². The van der Waals surface area contributed by atoms with E-state index in [1.54, 1.807) is 7.05 Å². The van der Waals surface area contributed by atoms with Gasteiger partial charge in [-0.05, 0) is 18.8 Å². The molecule has 1 aliphatic heterocycles. The Labute approximate surface area is 112 Å². The predicted molar refractivity (Wildman–Crippen MR) is 68.0 cm³/mol. The molecule has 1 saturated heterocycles. The van der Waals surface area contributed by atoms with Crippen LogP contribution < -0.4 is 5.32 Å². The van der Waals surface area contributed by atoms with E-state index in [1.165, 1.54) is 12.0 Å². The third-order valence-electron chi connectivity index (χ3n) is 3.15. The van der Waals surface area contributed by atoms with E-state index in [4.69, 9.17) is 14.6 Å². The maximum absolute atomic E-state index is 11.9. The summed E-state index contributed by atoms with van der Waals surface area (Å²) in [4.78, 5) is 24.3. The molecule has 2 N–H and O–H groups in total. The van der Waals surface area contributed by atoms with Crippen molar-refractivity contribution in [1.82, 2.24) is 10.2 Å². The molecule has 1 heterocycles. The van der Waals surface area contributed by atoms with Crippen molar-refractivity contribution >= 4 is 12.0 Å². The van der Waals surface area contributed by atoms with E-state index in [-0.39, 0.29) is 6.61 Å². The molecule has 110 valence electrons. The molecule has 0 aliphatic carbocycles. The van der Waals surface area contributed by atoms with E-state index < -0.39 is 18.0 Å². The number of ether oxygens (including phenoxy) is 2. The van der Waals surface area contributed by atoms with Gasteiger partial charge in [0, 0.05) is 33.9 Å². The minimum atomic E-state index is -1.10.